The van der Waals surface area contributed by atoms with Crippen LogP contribution in [-0.4, -0.2) is 24.9 Å². The molecule has 1 heterocycles. The topological polar surface area (TPSA) is 64.7 Å². The van der Waals surface area contributed by atoms with Gasteiger partial charge in [0.05, 0.1) is 0 Å². The molecule has 1 aliphatic rings. The van der Waals surface area contributed by atoms with Crippen LogP contribution in [0.4, 0.5) is 0 Å². The molecule has 2 rings (SSSR count). The van der Waals surface area contributed by atoms with Gasteiger partial charge in [-0.25, -0.2) is 0 Å². The number of nitrogens with two attached hydrogens (primary N) is 1. The number of benzene rings is 1. The SMILES string of the molecule is N[C@@H](CCO)c1ccc2c(c1)OCCO2. The quantitative estimate of drug-likeness (QED) is 0.774. The van der Waals surface area contributed by atoms with E-state index in [1.807, 2.05) is 18.2 Å². The molecule has 1 aromatic rings. The molecule has 0 amide bonds. The Balaban J connectivity index is 2.20. The standard InChI is InChI=1S/C11H15NO3/c12-9(3-4-13)8-1-2-10-11(7-8)15-6-5-14-10/h1-2,7,9,13H,3-6,12H2/t9-/m0/s1. The highest BCUT2D eigenvalue weighted by atomic mass is 16.6. The van der Waals surface area contributed by atoms with Crippen molar-refractivity contribution in [3.63, 3.8) is 0 Å². The van der Waals surface area contributed by atoms with Crippen LogP contribution in [0.1, 0.15) is 18.0 Å². The summed E-state index contributed by atoms with van der Waals surface area (Å²) in [5.41, 5.74) is 6.85. The van der Waals surface area contributed by atoms with Crippen molar-refractivity contribution >= 4 is 0 Å². The van der Waals surface area contributed by atoms with E-state index in [-0.39, 0.29) is 12.6 Å². The highest BCUT2D eigenvalue weighted by molar-refractivity contribution is 5.44. The van der Waals surface area contributed by atoms with E-state index in [4.69, 9.17) is 20.3 Å². The Bertz CT molecular complexity index is 341. The Morgan fingerprint density at radius 2 is 2.00 bits per heavy atom. The monoisotopic (exact) mass is 209 g/mol. The molecule has 0 radical (unpaired) electrons. The third kappa shape index (κ3) is 2.22. The summed E-state index contributed by atoms with van der Waals surface area (Å²) in [6, 6.07) is 5.51. The zero-order valence-corrected chi connectivity index (χ0v) is 8.48. The number of fused-ring (bicyclic) bond motifs is 1. The first-order chi connectivity index (χ1) is 7.31. The average Bonchev–Trinajstić information content (AvgIpc) is 2.29. The first kappa shape index (κ1) is 10.3. The Morgan fingerprint density at radius 3 is 2.73 bits per heavy atom. The molecular weight excluding hydrogens is 194 g/mol. The van der Waals surface area contributed by atoms with Gasteiger partial charge in [0.25, 0.3) is 0 Å². The van der Waals surface area contributed by atoms with Crippen LogP contribution in [0.25, 0.3) is 0 Å². The van der Waals surface area contributed by atoms with Crippen LogP contribution in [0.3, 0.4) is 0 Å². The van der Waals surface area contributed by atoms with E-state index < -0.39 is 0 Å². The van der Waals surface area contributed by atoms with E-state index in [0.717, 1.165) is 17.1 Å². The lowest BCUT2D eigenvalue weighted by atomic mass is 10.0. The third-order valence-electron chi connectivity index (χ3n) is 2.43. The summed E-state index contributed by atoms with van der Waals surface area (Å²) in [5.74, 6) is 1.51. The van der Waals surface area contributed by atoms with E-state index in [0.29, 0.717) is 19.6 Å². The molecule has 1 aliphatic heterocycles. The fourth-order valence-electron chi connectivity index (χ4n) is 1.60. The van der Waals surface area contributed by atoms with E-state index >= 15 is 0 Å². The van der Waals surface area contributed by atoms with E-state index in [2.05, 4.69) is 0 Å². The predicted octanol–water partition coefficient (Wildman–Crippen LogP) is 0.840. The number of rotatable bonds is 3. The number of hydrogen-bond donors (Lipinski definition) is 2. The number of hydrogen-bond acceptors (Lipinski definition) is 4. The third-order valence-corrected chi connectivity index (χ3v) is 2.43. The second-order valence-electron chi connectivity index (χ2n) is 3.52. The highest BCUT2D eigenvalue weighted by Gasteiger charge is 2.14. The smallest absolute Gasteiger partial charge is 0.161 e. The second kappa shape index (κ2) is 4.51. The van der Waals surface area contributed by atoms with Crippen molar-refractivity contribution in [1.82, 2.24) is 0 Å². The van der Waals surface area contributed by atoms with Gasteiger partial charge in [0.1, 0.15) is 13.2 Å². The number of aliphatic hydroxyl groups excluding tert-OH is 1. The summed E-state index contributed by atoms with van der Waals surface area (Å²) < 4.78 is 10.9. The van der Waals surface area contributed by atoms with Crippen LogP contribution in [0.2, 0.25) is 0 Å². The normalized spacial score (nSPS) is 16.1. The summed E-state index contributed by atoms with van der Waals surface area (Å²) in [6.45, 7) is 1.26. The molecule has 15 heavy (non-hydrogen) atoms. The molecule has 0 saturated carbocycles. The maximum absolute atomic E-state index is 8.80. The molecule has 4 heteroatoms. The summed E-state index contributed by atoms with van der Waals surface area (Å²) in [4.78, 5) is 0. The predicted molar refractivity (Wildman–Crippen MR) is 56.1 cm³/mol. The van der Waals surface area contributed by atoms with Gasteiger partial charge in [-0.3, -0.25) is 0 Å². The zero-order valence-electron chi connectivity index (χ0n) is 8.48. The first-order valence-corrected chi connectivity index (χ1v) is 5.07. The average molecular weight is 209 g/mol. The molecule has 0 spiro atoms. The Hall–Kier alpha value is -1.26. The van der Waals surface area contributed by atoms with E-state index in [9.17, 15) is 0 Å². The van der Waals surface area contributed by atoms with Gasteiger partial charge >= 0.3 is 0 Å². The second-order valence-corrected chi connectivity index (χ2v) is 3.52. The molecule has 0 aliphatic carbocycles. The Morgan fingerprint density at radius 1 is 1.27 bits per heavy atom. The largest absolute Gasteiger partial charge is 0.486 e. The fourth-order valence-corrected chi connectivity index (χ4v) is 1.60. The van der Waals surface area contributed by atoms with Gasteiger partial charge in [0, 0.05) is 12.6 Å². The molecule has 82 valence electrons. The fraction of sp³-hybridized carbons (Fsp3) is 0.455. The van der Waals surface area contributed by atoms with Crippen molar-refractivity contribution in [3.05, 3.63) is 23.8 Å². The van der Waals surface area contributed by atoms with Gasteiger partial charge in [0.15, 0.2) is 11.5 Å². The maximum atomic E-state index is 8.80. The Kier molecular flexibility index (Phi) is 3.08. The van der Waals surface area contributed by atoms with Crippen LogP contribution >= 0.6 is 0 Å². The molecule has 1 atom stereocenters. The lowest BCUT2D eigenvalue weighted by Crippen LogP contribution is -2.17. The lowest BCUT2D eigenvalue weighted by Gasteiger charge is -2.20. The van der Waals surface area contributed by atoms with Crippen LogP contribution in [-0.2, 0) is 0 Å². The van der Waals surface area contributed by atoms with Gasteiger partial charge in [-0.15, -0.1) is 0 Å². The van der Waals surface area contributed by atoms with Crippen LogP contribution in [0, 0.1) is 0 Å². The molecule has 4 nitrogen and oxygen atoms in total. The summed E-state index contributed by atoms with van der Waals surface area (Å²) >= 11 is 0. The van der Waals surface area contributed by atoms with Crippen molar-refractivity contribution in [2.75, 3.05) is 19.8 Å². The minimum atomic E-state index is -0.147. The molecule has 0 bridgehead atoms. The van der Waals surface area contributed by atoms with Crippen LogP contribution in [0.5, 0.6) is 11.5 Å². The molecule has 3 N–H and O–H groups in total. The molecule has 0 unspecified atom stereocenters. The van der Waals surface area contributed by atoms with Gasteiger partial charge in [-0.2, -0.15) is 0 Å². The number of ether oxygens (including phenoxy) is 2. The zero-order chi connectivity index (χ0) is 10.7. The molecule has 0 saturated heterocycles. The minimum absolute atomic E-state index is 0.0929. The van der Waals surface area contributed by atoms with E-state index in [1.54, 1.807) is 0 Å². The van der Waals surface area contributed by atoms with Gasteiger partial charge in [0.2, 0.25) is 0 Å². The van der Waals surface area contributed by atoms with Crippen molar-refractivity contribution in [2.45, 2.75) is 12.5 Å². The first-order valence-electron chi connectivity index (χ1n) is 5.07. The molecule has 1 aromatic carbocycles. The molecule has 0 aromatic heterocycles. The summed E-state index contributed by atoms with van der Waals surface area (Å²) in [5, 5.41) is 8.80. The lowest BCUT2D eigenvalue weighted by molar-refractivity contribution is 0.171. The molecular formula is C11H15NO3. The highest BCUT2D eigenvalue weighted by Crippen LogP contribution is 2.32. The van der Waals surface area contributed by atoms with Gasteiger partial charge in [-0.1, -0.05) is 6.07 Å². The van der Waals surface area contributed by atoms with Gasteiger partial charge in [-0.05, 0) is 24.1 Å². The van der Waals surface area contributed by atoms with Crippen molar-refractivity contribution in [3.8, 4) is 11.5 Å². The van der Waals surface area contributed by atoms with E-state index in [1.165, 1.54) is 0 Å². The maximum Gasteiger partial charge on any atom is 0.161 e. The Labute approximate surface area is 88.6 Å². The van der Waals surface area contributed by atoms with Crippen LogP contribution in [0.15, 0.2) is 18.2 Å². The van der Waals surface area contributed by atoms with Crippen molar-refractivity contribution < 1.29 is 14.6 Å². The summed E-state index contributed by atoms with van der Waals surface area (Å²) in [6.07, 6.45) is 0.555. The van der Waals surface area contributed by atoms with Crippen molar-refractivity contribution in [1.29, 1.82) is 0 Å². The van der Waals surface area contributed by atoms with Gasteiger partial charge < -0.3 is 20.3 Å². The molecule has 0 fully saturated rings. The van der Waals surface area contributed by atoms with Crippen LogP contribution < -0.4 is 15.2 Å². The summed E-state index contributed by atoms with van der Waals surface area (Å²) in [7, 11) is 0. The minimum Gasteiger partial charge on any atom is -0.486 e. The van der Waals surface area contributed by atoms with Crippen molar-refractivity contribution in [2.24, 2.45) is 5.73 Å². The number of aliphatic hydroxyl groups is 1.